The Morgan fingerprint density at radius 2 is 1.73 bits per heavy atom. The molecule has 1 N–H and O–H groups in total. The van der Waals surface area contributed by atoms with Gasteiger partial charge in [-0.2, -0.15) is 13.2 Å². The summed E-state index contributed by atoms with van der Waals surface area (Å²) in [7, 11) is 5.66. The zero-order valence-electron chi connectivity index (χ0n) is 14.6. The van der Waals surface area contributed by atoms with Crippen LogP contribution in [0.4, 0.5) is 23.1 Å². The number of aromatic nitrogens is 1. The lowest BCUT2D eigenvalue weighted by atomic mass is 9.83. The van der Waals surface area contributed by atoms with E-state index in [-0.39, 0.29) is 31.0 Å². The van der Waals surface area contributed by atoms with Crippen molar-refractivity contribution >= 4 is 35.1 Å². The molecule has 1 aromatic heterocycles. The summed E-state index contributed by atoms with van der Waals surface area (Å²) in [5, 5.41) is 3.22. The maximum absolute atomic E-state index is 13.0. The third-order valence-electron chi connectivity index (χ3n) is 5.49. The van der Waals surface area contributed by atoms with Gasteiger partial charge in [0, 0.05) is 18.3 Å². The maximum Gasteiger partial charge on any atom is 0.391 e. The van der Waals surface area contributed by atoms with Crippen molar-refractivity contribution in [1.29, 1.82) is 0 Å². The SMILES string of the molecule is [B]c1cnc(NC(=O)N(C2CCCCC2)C2CCC(C(F)(F)F)CC2)s1. The first kappa shape index (κ1) is 19.5. The van der Waals surface area contributed by atoms with Gasteiger partial charge in [0.1, 0.15) is 7.85 Å². The van der Waals surface area contributed by atoms with E-state index < -0.39 is 12.1 Å². The Bertz CT molecular complexity index is 611. The molecule has 2 amide bonds. The van der Waals surface area contributed by atoms with Crippen LogP contribution in [0, 0.1) is 5.92 Å². The number of alkyl halides is 3. The van der Waals surface area contributed by atoms with Crippen molar-refractivity contribution in [3.8, 4) is 0 Å². The molecule has 0 aliphatic heterocycles. The fraction of sp³-hybridized carbons (Fsp3) is 0.765. The largest absolute Gasteiger partial charge is 0.391 e. The first-order chi connectivity index (χ1) is 12.3. The fourth-order valence-corrected chi connectivity index (χ4v) is 4.74. The highest BCUT2D eigenvalue weighted by atomic mass is 32.1. The standard InChI is InChI=1S/C17H23BF3N3OS/c18-14-10-22-15(26-14)23-16(25)24(12-4-2-1-3-5-12)13-8-6-11(7-9-13)17(19,20)21/h10-13H,1-9H2,(H,22,23,25). The van der Waals surface area contributed by atoms with E-state index in [1.807, 2.05) is 4.90 Å². The lowest BCUT2D eigenvalue weighted by Gasteiger charge is -2.42. The number of hydrogen-bond donors (Lipinski definition) is 1. The van der Waals surface area contributed by atoms with Gasteiger partial charge in [0.15, 0.2) is 5.13 Å². The highest BCUT2D eigenvalue weighted by Crippen LogP contribution is 2.40. The van der Waals surface area contributed by atoms with E-state index in [0.717, 1.165) is 32.1 Å². The molecule has 0 saturated heterocycles. The van der Waals surface area contributed by atoms with Crippen LogP contribution < -0.4 is 10.1 Å². The summed E-state index contributed by atoms with van der Waals surface area (Å²) in [6.07, 6.45) is 3.40. The van der Waals surface area contributed by atoms with E-state index in [0.29, 0.717) is 22.7 Å². The van der Waals surface area contributed by atoms with Crippen LogP contribution in [0.25, 0.3) is 0 Å². The summed E-state index contributed by atoms with van der Waals surface area (Å²) in [6.45, 7) is 0. The van der Waals surface area contributed by atoms with Crippen LogP contribution in [0.5, 0.6) is 0 Å². The van der Waals surface area contributed by atoms with Crippen molar-refractivity contribution in [3.63, 3.8) is 0 Å². The lowest BCUT2D eigenvalue weighted by molar-refractivity contribution is -0.184. The molecule has 9 heteroatoms. The van der Waals surface area contributed by atoms with E-state index in [2.05, 4.69) is 10.3 Å². The van der Waals surface area contributed by atoms with Crippen molar-refractivity contribution in [1.82, 2.24) is 9.88 Å². The first-order valence-corrected chi connectivity index (χ1v) is 10.0. The summed E-state index contributed by atoms with van der Waals surface area (Å²) >= 11 is 1.19. The second-order valence-electron chi connectivity index (χ2n) is 7.24. The van der Waals surface area contributed by atoms with Gasteiger partial charge in [-0.05, 0) is 43.3 Å². The predicted octanol–water partition coefficient (Wildman–Crippen LogP) is 4.22. The number of nitrogens with zero attached hydrogens (tertiary/aromatic N) is 2. The van der Waals surface area contributed by atoms with Gasteiger partial charge in [-0.25, -0.2) is 9.78 Å². The molecule has 0 atom stereocenters. The van der Waals surface area contributed by atoms with Gasteiger partial charge in [0.25, 0.3) is 0 Å². The summed E-state index contributed by atoms with van der Waals surface area (Å²) in [6, 6.07) is -0.316. The molecule has 1 aromatic rings. The Labute approximate surface area is 157 Å². The molecule has 0 spiro atoms. The Morgan fingerprint density at radius 1 is 1.12 bits per heavy atom. The number of carbonyl (C=O) groups excluding carboxylic acids is 1. The van der Waals surface area contributed by atoms with E-state index >= 15 is 0 Å². The normalized spacial score (nSPS) is 25.0. The van der Waals surface area contributed by atoms with Gasteiger partial charge in [0.05, 0.1) is 5.92 Å². The second-order valence-corrected chi connectivity index (χ2v) is 8.31. The monoisotopic (exact) mass is 385 g/mol. The molecule has 0 unspecified atom stereocenters. The number of hydrogen-bond acceptors (Lipinski definition) is 3. The Morgan fingerprint density at radius 3 is 2.27 bits per heavy atom. The van der Waals surface area contributed by atoms with Gasteiger partial charge in [-0.3, -0.25) is 5.32 Å². The van der Waals surface area contributed by atoms with Crippen LogP contribution in [-0.4, -0.2) is 42.0 Å². The van der Waals surface area contributed by atoms with Gasteiger partial charge in [0.2, 0.25) is 0 Å². The Kier molecular flexibility index (Phi) is 6.15. The number of nitrogens with one attached hydrogen (secondary N) is 1. The zero-order valence-corrected chi connectivity index (χ0v) is 15.4. The molecule has 2 fully saturated rings. The maximum atomic E-state index is 13.0. The van der Waals surface area contributed by atoms with Crippen LogP contribution in [0.3, 0.4) is 0 Å². The number of amides is 2. The van der Waals surface area contributed by atoms with Crippen LogP contribution in [0.1, 0.15) is 57.8 Å². The number of rotatable bonds is 3. The van der Waals surface area contributed by atoms with Gasteiger partial charge >= 0.3 is 12.2 Å². The van der Waals surface area contributed by atoms with Crippen molar-refractivity contribution in [2.75, 3.05) is 5.32 Å². The number of halogens is 3. The molecule has 2 aliphatic rings. The van der Waals surface area contributed by atoms with Crippen molar-refractivity contribution in [3.05, 3.63) is 6.20 Å². The molecule has 0 aromatic carbocycles. The third kappa shape index (κ3) is 4.72. The van der Waals surface area contributed by atoms with E-state index in [1.54, 1.807) is 0 Å². The highest BCUT2D eigenvalue weighted by molar-refractivity contribution is 7.23. The summed E-state index contributed by atoms with van der Waals surface area (Å²) in [5.41, 5.74) is 0. The second kappa shape index (κ2) is 8.19. The van der Waals surface area contributed by atoms with Crippen LogP contribution in [0.15, 0.2) is 6.20 Å². The highest BCUT2D eigenvalue weighted by Gasteiger charge is 2.43. The molecule has 1 heterocycles. The smallest absolute Gasteiger partial charge is 0.319 e. The van der Waals surface area contributed by atoms with E-state index in [4.69, 9.17) is 7.85 Å². The number of thiazole rings is 1. The van der Waals surface area contributed by atoms with Crippen LogP contribution >= 0.6 is 11.3 Å². The summed E-state index contributed by atoms with van der Waals surface area (Å²) in [4.78, 5) is 18.8. The van der Waals surface area contributed by atoms with E-state index in [1.165, 1.54) is 17.5 Å². The lowest BCUT2D eigenvalue weighted by Crippen LogP contribution is -2.51. The average Bonchev–Trinajstić information content (AvgIpc) is 3.00. The number of urea groups is 1. The Balaban J connectivity index is 1.70. The minimum Gasteiger partial charge on any atom is -0.319 e. The molecule has 2 saturated carbocycles. The number of carbonyl (C=O) groups is 1. The zero-order chi connectivity index (χ0) is 18.7. The predicted molar refractivity (Wildman–Crippen MR) is 97.0 cm³/mol. The fourth-order valence-electron chi connectivity index (χ4n) is 4.17. The molecule has 142 valence electrons. The van der Waals surface area contributed by atoms with Gasteiger partial charge < -0.3 is 4.90 Å². The van der Waals surface area contributed by atoms with Gasteiger partial charge in [-0.1, -0.05) is 19.3 Å². The molecule has 2 radical (unpaired) electrons. The Hall–Kier alpha value is -1.25. The first-order valence-electron chi connectivity index (χ1n) is 9.22. The summed E-state index contributed by atoms with van der Waals surface area (Å²) in [5.74, 6) is -1.24. The summed E-state index contributed by atoms with van der Waals surface area (Å²) < 4.78 is 39.4. The molecule has 0 bridgehead atoms. The average molecular weight is 385 g/mol. The molecule has 3 rings (SSSR count). The van der Waals surface area contributed by atoms with Crippen molar-refractivity contribution in [2.24, 2.45) is 5.92 Å². The molecule has 2 aliphatic carbocycles. The van der Waals surface area contributed by atoms with Crippen LogP contribution in [0.2, 0.25) is 0 Å². The third-order valence-corrected chi connectivity index (χ3v) is 6.23. The minimum atomic E-state index is -4.14. The minimum absolute atomic E-state index is 0.0912. The topological polar surface area (TPSA) is 45.2 Å². The van der Waals surface area contributed by atoms with Crippen molar-refractivity contribution in [2.45, 2.75) is 76.0 Å². The molecular formula is C17H23BF3N3OS. The van der Waals surface area contributed by atoms with Crippen molar-refractivity contribution < 1.29 is 18.0 Å². The number of anilines is 1. The molecule has 26 heavy (non-hydrogen) atoms. The molecular weight excluding hydrogens is 362 g/mol. The van der Waals surface area contributed by atoms with E-state index in [9.17, 15) is 18.0 Å². The van der Waals surface area contributed by atoms with Gasteiger partial charge in [-0.15, -0.1) is 11.3 Å². The molecule has 4 nitrogen and oxygen atoms in total. The quantitative estimate of drug-likeness (QED) is 0.792. The van der Waals surface area contributed by atoms with Crippen LogP contribution in [-0.2, 0) is 0 Å².